The summed E-state index contributed by atoms with van der Waals surface area (Å²) in [5.41, 5.74) is 7.45. The van der Waals surface area contributed by atoms with E-state index in [9.17, 15) is 4.79 Å². The molecule has 3 aromatic rings. The fourth-order valence-corrected chi connectivity index (χ4v) is 3.40. The van der Waals surface area contributed by atoms with Crippen molar-refractivity contribution < 1.29 is 4.79 Å². The molecule has 0 aliphatic carbocycles. The molecule has 0 aromatic carbocycles. The maximum absolute atomic E-state index is 12.2. The summed E-state index contributed by atoms with van der Waals surface area (Å²) < 4.78 is 3.52. The summed E-state index contributed by atoms with van der Waals surface area (Å²) in [5, 5.41) is 12.1. The molecule has 0 unspecified atom stereocenters. The lowest BCUT2D eigenvalue weighted by molar-refractivity contribution is 0.0957. The number of amides is 1. The van der Waals surface area contributed by atoms with Crippen LogP contribution in [-0.4, -0.2) is 32.0 Å². The van der Waals surface area contributed by atoms with Gasteiger partial charge in [0.1, 0.15) is 9.71 Å². The number of hydrogen-bond donors (Lipinski definition) is 2. The predicted octanol–water partition coefficient (Wildman–Crippen LogP) is 1.15. The standard InChI is InChI=1S/C13H16N6OS/c1-8-9-10(14)11(21-13(9)18(2)17-8)12(20)15-5-7-19-6-3-4-16-19/h3-4,6H,5,7,14H2,1-2H3,(H,15,20). The molecule has 7 nitrogen and oxygen atoms in total. The monoisotopic (exact) mass is 304 g/mol. The Bertz CT molecular complexity index is 785. The molecule has 0 spiro atoms. The zero-order valence-electron chi connectivity index (χ0n) is 11.8. The van der Waals surface area contributed by atoms with Gasteiger partial charge in [-0.25, -0.2) is 0 Å². The number of nitrogens with zero attached hydrogens (tertiary/aromatic N) is 4. The van der Waals surface area contributed by atoms with Gasteiger partial charge in [-0.15, -0.1) is 11.3 Å². The number of carbonyl (C=O) groups excluding carboxylic acids is 1. The molecule has 0 saturated carbocycles. The first-order valence-electron chi connectivity index (χ1n) is 6.55. The summed E-state index contributed by atoms with van der Waals surface area (Å²) in [6, 6.07) is 1.85. The Morgan fingerprint density at radius 3 is 3.00 bits per heavy atom. The summed E-state index contributed by atoms with van der Waals surface area (Å²) in [5.74, 6) is -0.153. The van der Waals surface area contributed by atoms with Gasteiger partial charge < -0.3 is 11.1 Å². The molecule has 3 rings (SSSR count). The van der Waals surface area contributed by atoms with Crippen LogP contribution in [-0.2, 0) is 13.6 Å². The van der Waals surface area contributed by atoms with Crippen molar-refractivity contribution in [3.63, 3.8) is 0 Å². The molecule has 0 saturated heterocycles. The lowest BCUT2D eigenvalue weighted by Gasteiger charge is -2.04. The highest BCUT2D eigenvalue weighted by molar-refractivity contribution is 7.21. The highest BCUT2D eigenvalue weighted by Crippen LogP contribution is 2.35. The van der Waals surface area contributed by atoms with Gasteiger partial charge in [0.25, 0.3) is 5.91 Å². The summed E-state index contributed by atoms with van der Waals surface area (Å²) >= 11 is 1.37. The smallest absolute Gasteiger partial charge is 0.263 e. The second-order valence-electron chi connectivity index (χ2n) is 4.76. The maximum Gasteiger partial charge on any atom is 0.263 e. The first kappa shape index (κ1) is 13.6. The number of aryl methyl sites for hydroxylation is 2. The lowest BCUT2D eigenvalue weighted by atomic mass is 10.2. The molecule has 1 amide bonds. The zero-order valence-corrected chi connectivity index (χ0v) is 12.6. The molecule has 0 fully saturated rings. The number of nitrogens with two attached hydrogens (primary N) is 1. The van der Waals surface area contributed by atoms with E-state index in [4.69, 9.17) is 5.73 Å². The van der Waals surface area contributed by atoms with Crippen LogP contribution in [0, 0.1) is 6.92 Å². The van der Waals surface area contributed by atoms with Crippen molar-refractivity contribution in [1.29, 1.82) is 0 Å². The van der Waals surface area contributed by atoms with Crippen LogP contribution in [0.15, 0.2) is 18.5 Å². The first-order chi connectivity index (χ1) is 10.1. The van der Waals surface area contributed by atoms with Crippen LogP contribution in [0.5, 0.6) is 0 Å². The third-order valence-electron chi connectivity index (χ3n) is 3.27. The fraction of sp³-hybridized carbons (Fsp3) is 0.308. The van der Waals surface area contributed by atoms with Crippen LogP contribution in [0.25, 0.3) is 10.2 Å². The summed E-state index contributed by atoms with van der Waals surface area (Å²) in [6.07, 6.45) is 3.57. The Morgan fingerprint density at radius 2 is 2.33 bits per heavy atom. The minimum absolute atomic E-state index is 0.153. The van der Waals surface area contributed by atoms with Gasteiger partial charge in [0.2, 0.25) is 0 Å². The van der Waals surface area contributed by atoms with Gasteiger partial charge >= 0.3 is 0 Å². The van der Waals surface area contributed by atoms with Gasteiger partial charge in [-0.1, -0.05) is 0 Å². The molecule has 3 aromatic heterocycles. The van der Waals surface area contributed by atoms with Gasteiger partial charge in [0, 0.05) is 26.0 Å². The van der Waals surface area contributed by atoms with Gasteiger partial charge in [0.15, 0.2) is 0 Å². The van der Waals surface area contributed by atoms with Crippen LogP contribution in [0.4, 0.5) is 5.69 Å². The number of fused-ring (bicyclic) bond motifs is 1. The highest BCUT2D eigenvalue weighted by atomic mass is 32.1. The molecule has 0 atom stereocenters. The quantitative estimate of drug-likeness (QED) is 0.756. The van der Waals surface area contributed by atoms with E-state index in [0.29, 0.717) is 23.7 Å². The Hall–Kier alpha value is -2.35. The summed E-state index contributed by atoms with van der Waals surface area (Å²) in [7, 11) is 1.85. The highest BCUT2D eigenvalue weighted by Gasteiger charge is 2.20. The second kappa shape index (κ2) is 5.21. The van der Waals surface area contributed by atoms with Crippen molar-refractivity contribution >= 4 is 33.1 Å². The van der Waals surface area contributed by atoms with Crippen molar-refractivity contribution in [2.75, 3.05) is 12.3 Å². The van der Waals surface area contributed by atoms with Crippen LogP contribution in [0.2, 0.25) is 0 Å². The number of anilines is 1. The van der Waals surface area contributed by atoms with Gasteiger partial charge in [-0.05, 0) is 13.0 Å². The number of thiophene rings is 1. The van der Waals surface area contributed by atoms with Crippen LogP contribution < -0.4 is 11.1 Å². The van der Waals surface area contributed by atoms with Crippen molar-refractivity contribution in [3.05, 3.63) is 29.0 Å². The minimum atomic E-state index is -0.153. The Balaban J connectivity index is 1.75. The van der Waals surface area contributed by atoms with E-state index in [2.05, 4.69) is 15.5 Å². The first-order valence-corrected chi connectivity index (χ1v) is 7.36. The normalized spacial score (nSPS) is 11.1. The Kier molecular flexibility index (Phi) is 3.38. The third kappa shape index (κ3) is 2.38. The largest absolute Gasteiger partial charge is 0.397 e. The molecule has 0 aliphatic heterocycles. The molecule has 0 bridgehead atoms. The molecular weight excluding hydrogens is 288 g/mol. The summed E-state index contributed by atoms with van der Waals surface area (Å²) in [6.45, 7) is 3.03. The topological polar surface area (TPSA) is 90.8 Å². The molecule has 8 heteroatoms. The van der Waals surface area contributed by atoms with E-state index in [1.54, 1.807) is 15.6 Å². The second-order valence-corrected chi connectivity index (χ2v) is 5.76. The van der Waals surface area contributed by atoms with Gasteiger partial charge in [-0.2, -0.15) is 10.2 Å². The van der Waals surface area contributed by atoms with E-state index >= 15 is 0 Å². The van der Waals surface area contributed by atoms with Crippen molar-refractivity contribution in [3.8, 4) is 0 Å². The van der Waals surface area contributed by atoms with E-state index in [1.807, 2.05) is 26.2 Å². The maximum atomic E-state index is 12.2. The van der Waals surface area contributed by atoms with Crippen LogP contribution in [0.1, 0.15) is 15.4 Å². The SMILES string of the molecule is Cc1nn(C)c2sc(C(=O)NCCn3cccn3)c(N)c12. The van der Waals surface area contributed by atoms with Gasteiger partial charge in [0.05, 0.1) is 23.3 Å². The lowest BCUT2D eigenvalue weighted by Crippen LogP contribution is -2.27. The molecule has 3 heterocycles. The Morgan fingerprint density at radius 1 is 1.52 bits per heavy atom. The van der Waals surface area contributed by atoms with E-state index in [0.717, 1.165) is 15.9 Å². The Labute approximate surface area is 125 Å². The molecular formula is C13H16N6OS. The molecule has 0 radical (unpaired) electrons. The molecule has 3 N–H and O–H groups in total. The number of rotatable bonds is 4. The molecule has 21 heavy (non-hydrogen) atoms. The number of aromatic nitrogens is 4. The number of hydrogen-bond acceptors (Lipinski definition) is 5. The zero-order chi connectivity index (χ0) is 15.0. The van der Waals surface area contributed by atoms with E-state index < -0.39 is 0 Å². The van der Waals surface area contributed by atoms with Crippen molar-refractivity contribution in [2.45, 2.75) is 13.5 Å². The number of carbonyl (C=O) groups is 1. The number of nitrogens with one attached hydrogen (secondary N) is 1. The van der Waals surface area contributed by atoms with Crippen molar-refractivity contribution in [2.24, 2.45) is 7.05 Å². The van der Waals surface area contributed by atoms with Crippen LogP contribution >= 0.6 is 11.3 Å². The third-order valence-corrected chi connectivity index (χ3v) is 4.55. The van der Waals surface area contributed by atoms with Crippen molar-refractivity contribution in [1.82, 2.24) is 24.9 Å². The summed E-state index contributed by atoms with van der Waals surface area (Å²) in [4.78, 5) is 13.7. The predicted molar refractivity (Wildman–Crippen MR) is 82.3 cm³/mol. The van der Waals surface area contributed by atoms with Gasteiger partial charge in [-0.3, -0.25) is 14.2 Å². The van der Waals surface area contributed by atoms with E-state index in [-0.39, 0.29) is 5.91 Å². The molecule has 0 aliphatic rings. The average Bonchev–Trinajstić information content (AvgIpc) is 3.11. The van der Waals surface area contributed by atoms with Crippen LogP contribution in [0.3, 0.4) is 0 Å². The van der Waals surface area contributed by atoms with E-state index in [1.165, 1.54) is 11.3 Å². The fourth-order valence-electron chi connectivity index (χ4n) is 2.29. The number of nitrogen functional groups attached to an aromatic ring is 1. The minimum Gasteiger partial charge on any atom is -0.397 e. The molecule has 110 valence electrons. The average molecular weight is 304 g/mol.